The molecule has 0 bridgehead atoms. The number of anilines is 1. The lowest BCUT2D eigenvalue weighted by molar-refractivity contribution is 0.102. The molecule has 0 unspecified atom stereocenters. The Morgan fingerprint density at radius 1 is 1.12 bits per heavy atom. The number of hydrogen-bond acceptors (Lipinski definition) is 4. The number of nitrogens with two attached hydrogens (primary N) is 1. The molecule has 5 nitrogen and oxygen atoms in total. The second kappa shape index (κ2) is 7.42. The van der Waals surface area contributed by atoms with Gasteiger partial charge in [-0.05, 0) is 35.0 Å². The zero-order valence-corrected chi connectivity index (χ0v) is 14.1. The zero-order chi connectivity index (χ0) is 17.8. The van der Waals surface area contributed by atoms with Gasteiger partial charge in [-0.15, -0.1) is 0 Å². The van der Waals surface area contributed by atoms with E-state index in [2.05, 4.69) is 5.32 Å². The number of ether oxygens (including phenoxy) is 1. The van der Waals surface area contributed by atoms with E-state index in [1.807, 2.05) is 24.3 Å². The molecule has 0 aliphatic carbocycles. The number of carbonyl (C=O) groups excluding carboxylic acids is 1. The van der Waals surface area contributed by atoms with Gasteiger partial charge in [0, 0.05) is 17.6 Å². The Balaban J connectivity index is 1.91. The minimum absolute atomic E-state index is 0.0883. The summed E-state index contributed by atoms with van der Waals surface area (Å²) in [6.07, 6.45) is 0. The molecule has 6 heteroatoms. The van der Waals surface area contributed by atoms with Gasteiger partial charge in [0.1, 0.15) is 18.1 Å². The summed E-state index contributed by atoms with van der Waals surface area (Å²) in [5, 5.41) is 15.1. The molecule has 128 valence electrons. The van der Waals surface area contributed by atoms with Gasteiger partial charge in [0.05, 0.1) is 11.3 Å². The number of phenols is 1. The summed E-state index contributed by atoms with van der Waals surface area (Å²) in [6.45, 7) is 0.635. The first kappa shape index (κ1) is 17.1. The first-order valence-corrected chi connectivity index (χ1v) is 8.12. The molecule has 0 spiro atoms. The van der Waals surface area contributed by atoms with Crippen molar-refractivity contribution in [2.45, 2.75) is 0 Å². The third-order valence-electron chi connectivity index (χ3n) is 3.68. The number of phenolic OH excluding ortho intramolecular Hbond substituents is 1. The average molecular weight is 357 g/mol. The van der Waals surface area contributed by atoms with Gasteiger partial charge in [0.25, 0.3) is 5.91 Å². The highest BCUT2D eigenvalue weighted by Crippen LogP contribution is 2.30. The summed E-state index contributed by atoms with van der Waals surface area (Å²) in [5.41, 5.74) is 6.08. The molecule has 25 heavy (non-hydrogen) atoms. The molecule has 0 aliphatic rings. The van der Waals surface area contributed by atoms with Crippen LogP contribution in [0.3, 0.4) is 0 Å². The predicted octanol–water partition coefficient (Wildman–Crippen LogP) is 3.79. The van der Waals surface area contributed by atoms with E-state index in [9.17, 15) is 9.90 Å². The number of halogens is 1. The normalized spacial score (nSPS) is 10.6. The van der Waals surface area contributed by atoms with Crippen LogP contribution in [0.15, 0.2) is 54.6 Å². The van der Waals surface area contributed by atoms with Crippen LogP contribution in [-0.4, -0.2) is 24.2 Å². The van der Waals surface area contributed by atoms with Crippen LogP contribution < -0.4 is 15.8 Å². The Morgan fingerprint density at radius 2 is 1.84 bits per heavy atom. The van der Waals surface area contributed by atoms with E-state index in [1.54, 1.807) is 30.3 Å². The third-order valence-corrected chi connectivity index (χ3v) is 3.91. The molecule has 0 atom stereocenters. The number of benzene rings is 3. The van der Waals surface area contributed by atoms with Crippen molar-refractivity contribution in [3.05, 3.63) is 65.2 Å². The zero-order valence-electron chi connectivity index (χ0n) is 13.3. The van der Waals surface area contributed by atoms with E-state index < -0.39 is 5.91 Å². The Hall–Kier alpha value is -2.76. The maximum Gasteiger partial charge on any atom is 0.259 e. The quantitative estimate of drug-likeness (QED) is 0.649. The highest BCUT2D eigenvalue weighted by Gasteiger charge is 2.15. The molecular formula is C19H17ClN2O3. The number of amides is 1. The van der Waals surface area contributed by atoms with Crippen molar-refractivity contribution in [1.29, 1.82) is 0 Å². The molecule has 0 radical (unpaired) electrons. The minimum Gasteiger partial charge on any atom is -0.507 e. The van der Waals surface area contributed by atoms with Crippen molar-refractivity contribution in [1.82, 2.24) is 0 Å². The smallest absolute Gasteiger partial charge is 0.259 e. The number of hydrogen-bond donors (Lipinski definition) is 3. The maximum atomic E-state index is 12.6. The Bertz CT molecular complexity index is 928. The number of fused-ring (bicyclic) bond motifs is 1. The van der Waals surface area contributed by atoms with Gasteiger partial charge in [-0.3, -0.25) is 4.79 Å². The van der Waals surface area contributed by atoms with Crippen LogP contribution >= 0.6 is 11.6 Å². The average Bonchev–Trinajstić information content (AvgIpc) is 2.61. The van der Waals surface area contributed by atoms with Crippen molar-refractivity contribution < 1.29 is 14.6 Å². The van der Waals surface area contributed by atoms with Gasteiger partial charge >= 0.3 is 0 Å². The number of nitrogens with one attached hydrogen (secondary N) is 1. The first-order valence-electron chi connectivity index (χ1n) is 7.74. The largest absolute Gasteiger partial charge is 0.507 e. The summed E-state index contributed by atoms with van der Waals surface area (Å²) in [7, 11) is 0. The van der Waals surface area contributed by atoms with Gasteiger partial charge in [0.15, 0.2) is 0 Å². The summed E-state index contributed by atoms with van der Waals surface area (Å²) in [5.74, 6) is -0.107. The van der Waals surface area contributed by atoms with E-state index in [1.165, 1.54) is 0 Å². The third kappa shape index (κ3) is 3.84. The van der Waals surface area contributed by atoms with E-state index in [0.29, 0.717) is 29.6 Å². The molecule has 3 rings (SSSR count). The first-order chi connectivity index (χ1) is 12.1. The van der Waals surface area contributed by atoms with Gasteiger partial charge in [-0.25, -0.2) is 0 Å². The summed E-state index contributed by atoms with van der Waals surface area (Å²) in [6, 6.07) is 15.6. The van der Waals surface area contributed by atoms with Gasteiger partial charge < -0.3 is 20.9 Å². The molecule has 0 aliphatic heterocycles. The molecule has 0 saturated carbocycles. The molecule has 0 aromatic heterocycles. The van der Waals surface area contributed by atoms with Crippen LogP contribution in [0.2, 0.25) is 5.02 Å². The Morgan fingerprint density at radius 3 is 2.56 bits per heavy atom. The highest BCUT2D eigenvalue weighted by atomic mass is 35.5. The number of aromatic hydroxyl groups is 1. The number of carbonyl (C=O) groups is 1. The van der Waals surface area contributed by atoms with E-state index in [-0.39, 0.29) is 11.3 Å². The van der Waals surface area contributed by atoms with E-state index >= 15 is 0 Å². The van der Waals surface area contributed by atoms with E-state index in [4.69, 9.17) is 22.1 Å². The summed E-state index contributed by atoms with van der Waals surface area (Å²) < 4.78 is 5.52. The SMILES string of the molecule is NCCOc1cc(Cl)ccc1NC(=O)c1cc2ccccc2cc1O. The lowest BCUT2D eigenvalue weighted by Gasteiger charge is -2.13. The van der Waals surface area contributed by atoms with Crippen LogP contribution in [0.5, 0.6) is 11.5 Å². The van der Waals surface area contributed by atoms with Gasteiger partial charge in [0.2, 0.25) is 0 Å². The monoisotopic (exact) mass is 356 g/mol. The standard InChI is InChI=1S/C19H17ClN2O3/c20-14-5-6-16(18(11-14)25-8-7-21)22-19(24)15-9-12-3-1-2-4-13(12)10-17(15)23/h1-6,9-11,23H,7-8,21H2,(H,22,24). The maximum absolute atomic E-state index is 12.6. The fraction of sp³-hybridized carbons (Fsp3) is 0.105. The van der Waals surface area contributed by atoms with Gasteiger partial charge in [-0.2, -0.15) is 0 Å². The Labute approximate surface area is 150 Å². The lowest BCUT2D eigenvalue weighted by atomic mass is 10.1. The van der Waals surface area contributed by atoms with Gasteiger partial charge in [-0.1, -0.05) is 35.9 Å². The topological polar surface area (TPSA) is 84.6 Å². The van der Waals surface area contributed by atoms with Crippen molar-refractivity contribution in [2.75, 3.05) is 18.5 Å². The summed E-state index contributed by atoms with van der Waals surface area (Å²) in [4.78, 5) is 12.6. The van der Waals surface area contributed by atoms with Crippen molar-refractivity contribution in [3.8, 4) is 11.5 Å². The molecule has 3 aromatic rings. The fourth-order valence-corrected chi connectivity index (χ4v) is 2.65. The molecule has 4 N–H and O–H groups in total. The second-order valence-electron chi connectivity index (χ2n) is 5.45. The molecule has 0 heterocycles. The van der Waals surface area contributed by atoms with Crippen LogP contribution in [0.1, 0.15) is 10.4 Å². The highest BCUT2D eigenvalue weighted by molar-refractivity contribution is 6.30. The van der Waals surface area contributed by atoms with Crippen molar-refractivity contribution in [3.63, 3.8) is 0 Å². The van der Waals surface area contributed by atoms with Crippen LogP contribution in [0.25, 0.3) is 10.8 Å². The van der Waals surface area contributed by atoms with Crippen molar-refractivity contribution >= 4 is 34.0 Å². The minimum atomic E-state index is -0.442. The number of rotatable bonds is 5. The molecule has 0 saturated heterocycles. The van der Waals surface area contributed by atoms with Crippen molar-refractivity contribution in [2.24, 2.45) is 5.73 Å². The van der Waals surface area contributed by atoms with Crippen LogP contribution in [0, 0.1) is 0 Å². The molecule has 3 aromatic carbocycles. The predicted molar refractivity (Wildman–Crippen MR) is 99.6 cm³/mol. The summed E-state index contributed by atoms with van der Waals surface area (Å²) >= 11 is 5.98. The molecule has 0 fully saturated rings. The lowest BCUT2D eigenvalue weighted by Crippen LogP contribution is -2.15. The second-order valence-corrected chi connectivity index (χ2v) is 5.88. The molecule has 1 amide bonds. The fourth-order valence-electron chi connectivity index (χ4n) is 2.49. The molecular weight excluding hydrogens is 340 g/mol. The van der Waals surface area contributed by atoms with E-state index in [0.717, 1.165) is 10.8 Å². The Kier molecular flexibility index (Phi) is 5.07. The van der Waals surface area contributed by atoms with Crippen LogP contribution in [-0.2, 0) is 0 Å². The van der Waals surface area contributed by atoms with Crippen LogP contribution in [0.4, 0.5) is 5.69 Å².